The van der Waals surface area contributed by atoms with Gasteiger partial charge in [0.2, 0.25) is 0 Å². The third-order valence-electron chi connectivity index (χ3n) is 11.9. The lowest BCUT2D eigenvalue weighted by atomic mass is 9.44. The summed E-state index contributed by atoms with van der Waals surface area (Å²) in [6, 6.07) is 0. The molecule has 3 heteroatoms. The van der Waals surface area contributed by atoms with E-state index in [0.29, 0.717) is 34.7 Å². The molecule has 0 radical (unpaired) electrons. The maximum absolute atomic E-state index is 10.3. The van der Waals surface area contributed by atoms with Gasteiger partial charge in [0, 0.05) is 12.3 Å². The molecule has 4 aliphatic carbocycles. The first-order chi connectivity index (χ1) is 14.3. The smallest absolute Gasteiger partial charge is 0.171 e. The van der Waals surface area contributed by atoms with E-state index in [1.807, 2.05) is 0 Å². The van der Waals surface area contributed by atoms with Crippen molar-refractivity contribution < 1.29 is 14.6 Å². The van der Waals surface area contributed by atoms with Gasteiger partial charge in [-0.2, -0.15) is 0 Å². The van der Waals surface area contributed by atoms with Gasteiger partial charge in [0.15, 0.2) is 5.79 Å². The minimum Gasteiger partial charge on any atom is -0.393 e. The highest BCUT2D eigenvalue weighted by molar-refractivity contribution is 5.15. The van der Waals surface area contributed by atoms with Crippen LogP contribution in [0.2, 0.25) is 0 Å². The van der Waals surface area contributed by atoms with Crippen molar-refractivity contribution in [3.05, 3.63) is 0 Å². The summed E-state index contributed by atoms with van der Waals surface area (Å²) in [7, 11) is 0. The van der Waals surface area contributed by atoms with E-state index in [1.54, 1.807) is 0 Å². The van der Waals surface area contributed by atoms with E-state index in [-0.39, 0.29) is 11.9 Å². The van der Waals surface area contributed by atoms with E-state index in [1.165, 1.54) is 44.9 Å². The van der Waals surface area contributed by atoms with Crippen molar-refractivity contribution in [1.82, 2.24) is 0 Å². The fourth-order valence-corrected chi connectivity index (χ4v) is 10.3. The summed E-state index contributed by atoms with van der Waals surface area (Å²) in [5.74, 6) is 4.93. The first-order valence-corrected chi connectivity index (χ1v) is 13.3. The Balaban J connectivity index is 1.26. The fourth-order valence-electron chi connectivity index (χ4n) is 10.3. The third-order valence-corrected chi connectivity index (χ3v) is 11.9. The molecule has 170 valence electrons. The van der Waals surface area contributed by atoms with Crippen molar-refractivity contribution in [3.63, 3.8) is 0 Å². The molecule has 0 amide bonds. The van der Waals surface area contributed by atoms with Crippen LogP contribution < -0.4 is 0 Å². The van der Waals surface area contributed by atoms with E-state index in [2.05, 4.69) is 27.7 Å². The highest BCUT2D eigenvalue weighted by atomic mass is 16.7. The summed E-state index contributed by atoms with van der Waals surface area (Å²) in [5.41, 5.74) is 0.899. The minimum absolute atomic E-state index is 0.0389. The van der Waals surface area contributed by atoms with Gasteiger partial charge in [-0.15, -0.1) is 0 Å². The zero-order valence-corrected chi connectivity index (χ0v) is 19.7. The first-order valence-electron chi connectivity index (χ1n) is 13.3. The zero-order chi connectivity index (χ0) is 20.9. The first kappa shape index (κ1) is 20.5. The van der Waals surface area contributed by atoms with Crippen LogP contribution in [0.1, 0.15) is 91.9 Å². The van der Waals surface area contributed by atoms with E-state index in [9.17, 15) is 5.11 Å². The molecule has 0 aromatic carbocycles. The van der Waals surface area contributed by atoms with E-state index in [0.717, 1.165) is 49.5 Å². The average molecular weight is 417 g/mol. The normalized spacial score (nSPS) is 62.5. The van der Waals surface area contributed by atoms with Gasteiger partial charge in [0.05, 0.1) is 18.8 Å². The third kappa shape index (κ3) is 2.61. The van der Waals surface area contributed by atoms with Gasteiger partial charge < -0.3 is 14.6 Å². The summed E-state index contributed by atoms with van der Waals surface area (Å²) in [6.45, 7) is 10.9. The Kier molecular flexibility index (Phi) is 4.58. The number of hydrogen-bond donors (Lipinski definition) is 1. The topological polar surface area (TPSA) is 38.7 Å². The van der Waals surface area contributed by atoms with Crippen molar-refractivity contribution in [1.29, 1.82) is 0 Å². The average Bonchev–Trinajstić information content (AvgIpc) is 3.16. The van der Waals surface area contributed by atoms with Crippen LogP contribution in [0.4, 0.5) is 0 Å². The van der Waals surface area contributed by atoms with E-state index in [4.69, 9.17) is 9.47 Å². The lowest BCUT2D eigenvalue weighted by Gasteiger charge is -2.61. The highest BCUT2D eigenvalue weighted by Gasteiger charge is 2.69. The van der Waals surface area contributed by atoms with E-state index < -0.39 is 0 Å². The Labute approximate surface area is 183 Å². The molecule has 0 bridgehead atoms. The Morgan fingerprint density at radius 1 is 0.833 bits per heavy atom. The molecule has 1 spiro atoms. The molecular weight excluding hydrogens is 372 g/mol. The zero-order valence-electron chi connectivity index (χ0n) is 19.7. The Hall–Kier alpha value is -0.120. The molecular formula is C27H44O3. The second-order valence-corrected chi connectivity index (χ2v) is 13.1. The van der Waals surface area contributed by atoms with Crippen LogP contribution in [0.15, 0.2) is 0 Å². The van der Waals surface area contributed by atoms with Crippen LogP contribution in [0.25, 0.3) is 0 Å². The summed E-state index contributed by atoms with van der Waals surface area (Å²) >= 11 is 0. The fraction of sp³-hybridized carbons (Fsp3) is 1.00. The van der Waals surface area contributed by atoms with Crippen molar-refractivity contribution >= 4 is 0 Å². The molecule has 2 aliphatic heterocycles. The van der Waals surface area contributed by atoms with Crippen molar-refractivity contribution in [3.8, 4) is 0 Å². The summed E-state index contributed by atoms with van der Waals surface area (Å²) in [6.07, 6.45) is 12.9. The van der Waals surface area contributed by atoms with Gasteiger partial charge in [-0.25, -0.2) is 0 Å². The largest absolute Gasteiger partial charge is 0.393 e. The number of aliphatic hydroxyl groups is 1. The second-order valence-electron chi connectivity index (χ2n) is 13.1. The molecule has 1 N–H and O–H groups in total. The molecule has 4 saturated carbocycles. The van der Waals surface area contributed by atoms with Crippen LogP contribution in [-0.4, -0.2) is 29.7 Å². The van der Waals surface area contributed by atoms with Gasteiger partial charge >= 0.3 is 0 Å². The Morgan fingerprint density at radius 3 is 2.40 bits per heavy atom. The lowest BCUT2D eigenvalue weighted by Crippen LogP contribution is -2.55. The molecule has 6 rings (SSSR count). The predicted molar refractivity (Wildman–Crippen MR) is 118 cm³/mol. The minimum atomic E-state index is -0.282. The number of fused-ring (bicyclic) bond motifs is 7. The molecule has 0 aromatic heterocycles. The molecule has 3 nitrogen and oxygen atoms in total. The van der Waals surface area contributed by atoms with Crippen LogP contribution in [0.3, 0.4) is 0 Å². The maximum atomic E-state index is 10.3. The molecule has 2 saturated heterocycles. The lowest BCUT2D eigenvalue weighted by molar-refractivity contribution is -0.273. The van der Waals surface area contributed by atoms with Gasteiger partial charge in [0.1, 0.15) is 0 Å². The summed E-state index contributed by atoms with van der Waals surface area (Å²) < 4.78 is 13.4. The molecule has 2 heterocycles. The monoisotopic (exact) mass is 416 g/mol. The van der Waals surface area contributed by atoms with Gasteiger partial charge in [-0.05, 0) is 104 Å². The standard InChI is InChI=1S/C27H44O3/c1-16-7-12-27(29-15-16)17(2)24-23(30-27)14-22-20-6-5-18-13-19(28)8-10-25(18,3)21(20)9-11-26(22,24)4/h16-24,28H,5-15H2,1-4H3/t16?,17-,18-,19-,20?,21?,22?,23-,24?,25-,26+,27?/m0/s1. The van der Waals surface area contributed by atoms with Crippen LogP contribution in [-0.2, 0) is 9.47 Å². The molecule has 6 unspecified atom stereocenters. The van der Waals surface area contributed by atoms with Crippen LogP contribution in [0, 0.1) is 52.3 Å². The molecule has 0 aromatic rings. The molecule has 6 aliphatic rings. The van der Waals surface area contributed by atoms with Gasteiger partial charge in [-0.1, -0.05) is 27.7 Å². The predicted octanol–water partition coefficient (Wildman–Crippen LogP) is 5.79. The molecule has 12 atom stereocenters. The summed E-state index contributed by atoms with van der Waals surface area (Å²) in [4.78, 5) is 0. The number of hydrogen-bond acceptors (Lipinski definition) is 3. The van der Waals surface area contributed by atoms with Crippen molar-refractivity contribution in [2.75, 3.05) is 6.61 Å². The SMILES string of the molecule is CC1CCC2(OC1)O[C@H]1CC3C4CC[C@H]5C[C@@H](O)CC[C@]5(C)C4CC[C@@]3(C)C1[C@@H]2C. The van der Waals surface area contributed by atoms with Gasteiger partial charge in [-0.3, -0.25) is 0 Å². The van der Waals surface area contributed by atoms with Crippen LogP contribution in [0.5, 0.6) is 0 Å². The van der Waals surface area contributed by atoms with Crippen LogP contribution >= 0.6 is 0 Å². The van der Waals surface area contributed by atoms with Crippen molar-refractivity contribution in [2.24, 2.45) is 52.3 Å². The molecule has 6 fully saturated rings. The number of rotatable bonds is 0. The quantitative estimate of drug-likeness (QED) is 0.543. The maximum Gasteiger partial charge on any atom is 0.171 e. The summed E-state index contributed by atoms with van der Waals surface area (Å²) in [5, 5.41) is 10.3. The van der Waals surface area contributed by atoms with E-state index >= 15 is 0 Å². The second kappa shape index (κ2) is 6.70. The number of ether oxygens (including phenoxy) is 2. The Morgan fingerprint density at radius 2 is 1.63 bits per heavy atom. The van der Waals surface area contributed by atoms with Gasteiger partial charge in [0.25, 0.3) is 0 Å². The highest BCUT2D eigenvalue weighted by Crippen LogP contribution is 2.71. The number of aliphatic hydroxyl groups excluding tert-OH is 1. The molecule has 30 heavy (non-hydrogen) atoms. The Bertz CT molecular complexity index is 684. The van der Waals surface area contributed by atoms with Crippen molar-refractivity contribution in [2.45, 2.75) is 110 Å².